The highest BCUT2D eigenvalue weighted by Gasteiger charge is 2.30. The Bertz CT molecular complexity index is 1060. The SMILES string of the molecule is CCOC(=O)C1CCN(C(=O)c2cc(-c3ccccc3)nn2-c2ccc(F)cc2)CC1. The van der Waals surface area contributed by atoms with Gasteiger partial charge in [-0.3, -0.25) is 9.59 Å². The average Bonchev–Trinajstić information content (AvgIpc) is 3.25. The van der Waals surface area contributed by atoms with Crippen molar-refractivity contribution in [3.05, 3.63) is 72.2 Å². The number of hydrogen-bond donors (Lipinski definition) is 0. The molecular weight excluding hydrogens is 397 g/mol. The maximum atomic E-state index is 13.4. The van der Waals surface area contributed by atoms with Crippen LogP contribution in [0.5, 0.6) is 0 Å². The van der Waals surface area contributed by atoms with Crippen molar-refractivity contribution in [1.82, 2.24) is 14.7 Å². The number of amides is 1. The van der Waals surface area contributed by atoms with Crippen molar-refractivity contribution in [3.63, 3.8) is 0 Å². The van der Waals surface area contributed by atoms with Crippen LogP contribution in [0.3, 0.4) is 0 Å². The summed E-state index contributed by atoms with van der Waals surface area (Å²) in [6, 6.07) is 17.2. The van der Waals surface area contributed by atoms with Crippen molar-refractivity contribution in [2.75, 3.05) is 19.7 Å². The molecule has 160 valence electrons. The highest BCUT2D eigenvalue weighted by Crippen LogP contribution is 2.25. The van der Waals surface area contributed by atoms with E-state index in [9.17, 15) is 14.0 Å². The molecule has 0 radical (unpaired) electrons. The molecule has 0 aliphatic carbocycles. The summed E-state index contributed by atoms with van der Waals surface area (Å²) in [5, 5.41) is 4.64. The van der Waals surface area contributed by atoms with E-state index in [4.69, 9.17) is 4.74 Å². The Morgan fingerprint density at radius 2 is 1.74 bits per heavy atom. The third kappa shape index (κ3) is 4.50. The van der Waals surface area contributed by atoms with Crippen LogP contribution in [0, 0.1) is 11.7 Å². The van der Waals surface area contributed by atoms with Gasteiger partial charge >= 0.3 is 5.97 Å². The Hall–Kier alpha value is -3.48. The summed E-state index contributed by atoms with van der Waals surface area (Å²) in [7, 11) is 0. The molecule has 0 bridgehead atoms. The Kier molecular flexibility index (Phi) is 6.11. The van der Waals surface area contributed by atoms with Crippen molar-refractivity contribution in [2.45, 2.75) is 19.8 Å². The number of carbonyl (C=O) groups is 2. The third-order valence-electron chi connectivity index (χ3n) is 5.47. The topological polar surface area (TPSA) is 64.4 Å². The summed E-state index contributed by atoms with van der Waals surface area (Å²) in [6.07, 6.45) is 1.14. The molecule has 0 saturated carbocycles. The van der Waals surface area contributed by atoms with Crippen LogP contribution in [0.25, 0.3) is 16.9 Å². The molecule has 1 aliphatic rings. The molecule has 6 nitrogen and oxygen atoms in total. The molecule has 0 unspecified atom stereocenters. The number of esters is 1. The van der Waals surface area contributed by atoms with Gasteiger partial charge in [0, 0.05) is 18.7 Å². The van der Waals surface area contributed by atoms with E-state index < -0.39 is 0 Å². The standard InChI is InChI=1S/C24H24FN3O3/c1-2-31-24(30)18-12-14-27(15-13-18)23(29)22-16-21(17-6-4-3-5-7-17)26-28(22)20-10-8-19(25)9-11-20/h3-11,16,18H,2,12-15H2,1H3. The molecule has 0 N–H and O–H groups in total. The zero-order chi connectivity index (χ0) is 21.8. The minimum atomic E-state index is -0.354. The van der Waals surface area contributed by atoms with Crippen LogP contribution >= 0.6 is 0 Å². The van der Waals surface area contributed by atoms with Crippen molar-refractivity contribution < 1.29 is 18.7 Å². The fourth-order valence-electron chi connectivity index (χ4n) is 3.80. The zero-order valence-electron chi connectivity index (χ0n) is 17.3. The summed E-state index contributed by atoms with van der Waals surface area (Å²) in [5.74, 6) is -0.891. The molecule has 4 rings (SSSR count). The van der Waals surface area contributed by atoms with Crippen molar-refractivity contribution in [1.29, 1.82) is 0 Å². The fraction of sp³-hybridized carbons (Fsp3) is 0.292. The third-order valence-corrected chi connectivity index (χ3v) is 5.47. The lowest BCUT2D eigenvalue weighted by molar-refractivity contribution is -0.149. The molecule has 31 heavy (non-hydrogen) atoms. The van der Waals surface area contributed by atoms with Gasteiger partial charge in [0.05, 0.1) is 23.9 Å². The molecule has 2 heterocycles. The van der Waals surface area contributed by atoms with E-state index in [2.05, 4.69) is 5.10 Å². The van der Waals surface area contributed by atoms with Crippen LogP contribution in [0.2, 0.25) is 0 Å². The summed E-state index contributed by atoms with van der Waals surface area (Å²) in [4.78, 5) is 27.1. The Morgan fingerprint density at radius 1 is 1.06 bits per heavy atom. The maximum Gasteiger partial charge on any atom is 0.309 e. The summed E-state index contributed by atoms with van der Waals surface area (Å²) in [6.45, 7) is 3.09. The molecule has 0 atom stereocenters. The van der Waals surface area contributed by atoms with Gasteiger partial charge in [-0.1, -0.05) is 30.3 Å². The molecule has 3 aromatic rings. The number of halogens is 1. The first-order valence-corrected chi connectivity index (χ1v) is 10.4. The van der Waals surface area contributed by atoms with Gasteiger partial charge in [0.25, 0.3) is 5.91 Å². The van der Waals surface area contributed by atoms with Crippen LogP contribution in [-0.2, 0) is 9.53 Å². The minimum absolute atomic E-state index is 0.165. The fourth-order valence-corrected chi connectivity index (χ4v) is 3.80. The zero-order valence-corrected chi connectivity index (χ0v) is 17.3. The number of benzene rings is 2. The van der Waals surface area contributed by atoms with E-state index in [-0.39, 0.29) is 23.6 Å². The maximum absolute atomic E-state index is 13.4. The molecule has 1 aromatic heterocycles. The molecule has 1 amide bonds. The lowest BCUT2D eigenvalue weighted by Gasteiger charge is -2.30. The van der Waals surface area contributed by atoms with Gasteiger partial charge in [-0.2, -0.15) is 5.10 Å². The lowest BCUT2D eigenvalue weighted by atomic mass is 9.97. The Balaban J connectivity index is 1.62. The van der Waals surface area contributed by atoms with Gasteiger partial charge < -0.3 is 9.64 Å². The van der Waals surface area contributed by atoms with Gasteiger partial charge in [0.2, 0.25) is 0 Å². The first-order chi connectivity index (χ1) is 15.1. The quantitative estimate of drug-likeness (QED) is 0.582. The Morgan fingerprint density at radius 3 is 2.39 bits per heavy atom. The molecule has 0 spiro atoms. The van der Waals surface area contributed by atoms with Crippen LogP contribution in [0.15, 0.2) is 60.7 Å². The molecule has 1 saturated heterocycles. The number of piperidine rings is 1. The average molecular weight is 421 g/mol. The van der Waals surface area contributed by atoms with E-state index in [0.717, 1.165) is 5.56 Å². The number of likely N-dealkylation sites (tertiary alicyclic amines) is 1. The van der Waals surface area contributed by atoms with E-state index in [1.54, 1.807) is 34.7 Å². The second kappa shape index (κ2) is 9.12. The number of aromatic nitrogens is 2. The normalized spacial score (nSPS) is 14.5. The summed E-state index contributed by atoms with van der Waals surface area (Å²) in [5.41, 5.74) is 2.56. The van der Waals surface area contributed by atoms with Gasteiger partial charge in [-0.15, -0.1) is 0 Å². The predicted octanol–water partition coefficient (Wildman–Crippen LogP) is 4.09. The van der Waals surface area contributed by atoms with E-state index in [1.807, 2.05) is 30.3 Å². The smallest absolute Gasteiger partial charge is 0.309 e. The first-order valence-electron chi connectivity index (χ1n) is 10.4. The summed E-state index contributed by atoms with van der Waals surface area (Å²) >= 11 is 0. The molecular formula is C24H24FN3O3. The van der Waals surface area contributed by atoms with Gasteiger partial charge in [0.1, 0.15) is 11.5 Å². The number of rotatable bonds is 5. The largest absolute Gasteiger partial charge is 0.466 e. The van der Waals surface area contributed by atoms with Crippen molar-refractivity contribution >= 4 is 11.9 Å². The van der Waals surface area contributed by atoms with Crippen LogP contribution in [-0.4, -0.2) is 46.3 Å². The van der Waals surface area contributed by atoms with Crippen molar-refractivity contribution in [2.24, 2.45) is 5.92 Å². The van der Waals surface area contributed by atoms with Crippen LogP contribution < -0.4 is 0 Å². The minimum Gasteiger partial charge on any atom is -0.466 e. The summed E-state index contributed by atoms with van der Waals surface area (Å²) < 4.78 is 20.1. The monoisotopic (exact) mass is 421 g/mol. The second-order valence-electron chi connectivity index (χ2n) is 7.49. The van der Waals surface area contributed by atoms with Crippen molar-refractivity contribution in [3.8, 4) is 16.9 Å². The highest BCUT2D eigenvalue weighted by molar-refractivity contribution is 5.94. The molecule has 7 heteroatoms. The molecule has 2 aromatic carbocycles. The molecule has 1 fully saturated rings. The van der Waals surface area contributed by atoms with Gasteiger partial charge in [0.15, 0.2) is 0 Å². The van der Waals surface area contributed by atoms with E-state index in [0.29, 0.717) is 49.6 Å². The van der Waals surface area contributed by atoms with Gasteiger partial charge in [-0.05, 0) is 50.1 Å². The van der Waals surface area contributed by atoms with Crippen LogP contribution in [0.1, 0.15) is 30.3 Å². The van der Waals surface area contributed by atoms with E-state index in [1.165, 1.54) is 12.1 Å². The van der Waals surface area contributed by atoms with Gasteiger partial charge in [-0.25, -0.2) is 9.07 Å². The number of nitrogens with zero attached hydrogens (tertiary/aromatic N) is 3. The van der Waals surface area contributed by atoms with E-state index >= 15 is 0 Å². The van der Waals surface area contributed by atoms with Crippen LogP contribution in [0.4, 0.5) is 4.39 Å². The Labute approximate surface area is 180 Å². The molecule has 1 aliphatic heterocycles. The number of carbonyl (C=O) groups excluding carboxylic acids is 2. The number of ether oxygens (including phenoxy) is 1. The lowest BCUT2D eigenvalue weighted by Crippen LogP contribution is -2.41. The highest BCUT2D eigenvalue weighted by atomic mass is 19.1. The number of hydrogen-bond acceptors (Lipinski definition) is 4. The first kappa shape index (κ1) is 20.8. The second-order valence-corrected chi connectivity index (χ2v) is 7.49. The predicted molar refractivity (Wildman–Crippen MR) is 114 cm³/mol.